The number of benzene rings is 1. The van der Waals surface area contributed by atoms with Crippen LogP contribution in [0.2, 0.25) is 0 Å². The van der Waals surface area contributed by atoms with E-state index in [-0.39, 0.29) is 18.0 Å². The number of likely N-dealkylation sites (N-methyl/N-ethyl adjacent to an activating group) is 1. The molecule has 254 valence electrons. The summed E-state index contributed by atoms with van der Waals surface area (Å²) in [6, 6.07) is 11.5. The SMILES string of the molecule is CCN(c1cc(-c2ccc(CN3CCCN(C)CC3)nc2)cc(C(=O)NCc2c(C)cc(C)[nH]c2=O)c1C)C1CCC(N(C)C)CC1. The summed E-state index contributed by atoms with van der Waals surface area (Å²) in [5.41, 5.74) is 7.87. The van der Waals surface area contributed by atoms with Gasteiger partial charge in [-0.15, -0.1) is 0 Å². The molecular weight excluding hydrogens is 586 g/mol. The van der Waals surface area contributed by atoms with Gasteiger partial charge in [-0.1, -0.05) is 6.07 Å². The first kappa shape index (κ1) is 34.8. The van der Waals surface area contributed by atoms with Gasteiger partial charge in [0.25, 0.3) is 11.5 Å². The third-order valence-electron chi connectivity index (χ3n) is 10.4. The Kier molecular flexibility index (Phi) is 11.5. The number of hydrogen-bond acceptors (Lipinski definition) is 7. The van der Waals surface area contributed by atoms with Gasteiger partial charge in [0.15, 0.2) is 0 Å². The molecule has 9 heteroatoms. The number of aromatic amines is 1. The Morgan fingerprint density at radius 3 is 2.38 bits per heavy atom. The van der Waals surface area contributed by atoms with Crippen molar-refractivity contribution in [2.75, 3.05) is 58.8 Å². The molecule has 1 aliphatic carbocycles. The van der Waals surface area contributed by atoms with Crippen LogP contribution in [0.1, 0.15) is 77.5 Å². The molecule has 2 aliphatic rings. The predicted molar refractivity (Wildman–Crippen MR) is 192 cm³/mol. The molecule has 5 rings (SSSR count). The standard InChI is InChI=1S/C38H55N7O2/c1-8-45(33-14-12-32(13-15-33)42(5)6)36-22-30(29-10-11-31(39-23-29)25-44-17-9-16-43(7)18-19-44)21-34(28(36)4)37(46)40-24-35-26(2)20-27(3)41-38(35)47/h10-11,20-23,32-33H,8-9,12-19,24-25H2,1-7H3,(H,40,46)(H,41,47). The van der Waals surface area contributed by atoms with Crippen molar-refractivity contribution in [3.8, 4) is 11.1 Å². The molecule has 9 nitrogen and oxygen atoms in total. The molecule has 1 saturated carbocycles. The molecule has 2 fully saturated rings. The molecule has 0 spiro atoms. The lowest BCUT2D eigenvalue weighted by molar-refractivity contribution is 0.0950. The maximum atomic E-state index is 13.9. The highest BCUT2D eigenvalue weighted by molar-refractivity contribution is 5.99. The van der Waals surface area contributed by atoms with Crippen LogP contribution in [0.5, 0.6) is 0 Å². The quantitative estimate of drug-likeness (QED) is 0.318. The lowest BCUT2D eigenvalue weighted by Crippen LogP contribution is -2.42. The first-order valence-electron chi connectivity index (χ1n) is 17.5. The number of pyridine rings is 2. The van der Waals surface area contributed by atoms with E-state index < -0.39 is 0 Å². The third kappa shape index (κ3) is 8.50. The van der Waals surface area contributed by atoms with Crippen LogP contribution in [-0.4, -0.2) is 96.5 Å². The van der Waals surface area contributed by atoms with Crippen molar-refractivity contribution >= 4 is 11.6 Å². The number of aryl methyl sites for hydroxylation is 2. The Bertz CT molecular complexity index is 1570. The molecule has 0 bridgehead atoms. The molecular formula is C38H55N7O2. The predicted octanol–water partition coefficient (Wildman–Crippen LogP) is 5.13. The molecule has 0 atom stereocenters. The van der Waals surface area contributed by atoms with Crippen LogP contribution in [0.15, 0.2) is 41.3 Å². The number of aromatic nitrogens is 2. The zero-order valence-corrected chi connectivity index (χ0v) is 29.7. The smallest absolute Gasteiger partial charge is 0.253 e. The highest BCUT2D eigenvalue weighted by Gasteiger charge is 2.28. The molecule has 2 N–H and O–H groups in total. The second kappa shape index (κ2) is 15.6. The summed E-state index contributed by atoms with van der Waals surface area (Å²) in [5.74, 6) is -0.173. The van der Waals surface area contributed by atoms with Gasteiger partial charge in [0.05, 0.1) is 5.69 Å². The van der Waals surface area contributed by atoms with Crippen LogP contribution in [0.3, 0.4) is 0 Å². The topological polar surface area (TPSA) is 87.8 Å². The van der Waals surface area contributed by atoms with E-state index in [0.29, 0.717) is 23.2 Å². The van der Waals surface area contributed by atoms with Crippen LogP contribution >= 0.6 is 0 Å². The number of carbonyl (C=O) groups excluding carboxylic acids is 1. The van der Waals surface area contributed by atoms with Gasteiger partial charge in [-0.3, -0.25) is 19.5 Å². The maximum absolute atomic E-state index is 13.9. The minimum absolute atomic E-state index is 0.155. The molecule has 2 aromatic heterocycles. The van der Waals surface area contributed by atoms with Gasteiger partial charge < -0.3 is 25.0 Å². The third-order valence-corrected chi connectivity index (χ3v) is 10.4. The van der Waals surface area contributed by atoms with Gasteiger partial charge in [0.1, 0.15) is 0 Å². The van der Waals surface area contributed by atoms with Gasteiger partial charge in [-0.25, -0.2) is 0 Å². The van der Waals surface area contributed by atoms with Crippen molar-refractivity contribution in [1.82, 2.24) is 30.0 Å². The molecule has 1 saturated heterocycles. The van der Waals surface area contributed by atoms with Crippen molar-refractivity contribution in [1.29, 1.82) is 0 Å². The highest BCUT2D eigenvalue weighted by Crippen LogP contribution is 2.35. The van der Waals surface area contributed by atoms with Gasteiger partial charge in [-0.2, -0.15) is 0 Å². The minimum Gasteiger partial charge on any atom is -0.369 e. The normalized spacial score (nSPS) is 19.5. The Morgan fingerprint density at radius 2 is 1.72 bits per heavy atom. The molecule has 1 amide bonds. The Balaban J connectivity index is 1.45. The number of rotatable bonds is 10. The number of anilines is 1. The molecule has 47 heavy (non-hydrogen) atoms. The molecule has 3 heterocycles. The van der Waals surface area contributed by atoms with Gasteiger partial charge in [-0.05, 0) is 135 Å². The number of amides is 1. The van der Waals surface area contributed by atoms with Crippen LogP contribution in [0.4, 0.5) is 5.69 Å². The van der Waals surface area contributed by atoms with Crippen LogP contribution in [0.25, 0.3) is 11.1 Å². The van der Waals surface area contributed by atoms with E-state index in [1.165, 1.54) is 19.3 Å². The second-order valence-electron chi connectivity index (χ2n) is 14.0. The first-order valence-corrected chi connectivity index (χ1v) is 17.5. The van der Waals surface area contributed by atoms with E-state index in [2.05, 4.69) is 83.1 Å². The largest absolute Gasteiger partial charge is 0.369 e. The fourth-order valence-corrected chi connectivity index (χ4v) is 7.45. The molecule has 3 aromatic rings. The van der Waals surface area contributed by atoms with E-state index in [9.17, 15) is 9.59 Å². The number of nitrogens with zero attached hydrogens (tertiary/aromatic N) is 5. The monoisotopic (exact) mass is 641 g/mol. The van der Waals surface area contributed by atoms with Crippen LogP contribution in [0, 0.1) is 20.8 Å². The van der Waals surface area contributed by atoms with E-state index >= 15 is 0 Å². The Hall–Kier alpha value is -3.53. The van der Waals surface area contributed by atoms with Crippen molar-refractivity contribution in [3.05, 3.63) is 80.5 Å². The fraction of sp³-hybridized carbons (Fsp3) is 0.553. The zero-order chi connectivity index (χ0) is 33.7. The summed E-state index contributed by atoms with van der Waals surface area (Å²) in [7, 11) is 6.55. The van der Waals surface area contributed by atoms with Gasteiger partial charge in [0, 0.05) is 79.1 Å². The van der Waals surface area contributed by atoms with E-state index in [1.807, 2.05) is 32.2 Å². The zero-order valence-electron chi connectivity index (χ0n) is 29.7. The van der Waals surface area contributed by atoms with Crippen molar-refractivity contribution in [2.45, 2.75) is 85.0 Å². The van der Waals surface area contributed by atoms with E-state index in [0.717, 1.165) is 91.4 Å². The summed E-state index contributed by atoms with van der Waals surface area (Å²) >= 11 is 0. The van der Waals surface area contributed by atoms with Crippen molar-refractivity contribution in [3.63, 3.8) is 0 Å². The second-order valence-corrected chi connectivity index (χ2v) is 14.0. The Morgan fingerprint density at radius 1 is 0.979 bits per heavy atom. The molecule has 0 unspecified atom stereocenters. The summed E-state index contributed by atoms with van der Waals surface area (Å²) in [6.07, 6.45) is 7.73. The lowest BCUT2D eigenvalue weighted by Gasteiger charge is -2.40. The van der Waals surface area contributed by atoms with Gasteiger partial charge >= 0.3 is 0 Å². The summed E-state index contributed by atoms with van der Waals surface area (Å²) in [4.78, 5) is 44.1. The van der Waals surface area contributed by atoms with E-state index in [4.69, 9.17) is 4.98 Å². The number of nitrogens with one attached hydrogen (secondary N) is 2. The molecule has 1 aliphatic heterocycles. The number of hydrogen-bond donors (Lipinski definition) is 2. The first-order chi connectivity index (χ1) is 22.5. The minimum atomic E-state index is -0.173. The van der Waals surface area contributed by atoms with Crippen LogP contribution < -0.4 is 15.8 Å². The molecule has 0 radical (unpaired) electrons. The maximum Gasteiger partial charge on any atom is 0.253 e. The van der Waals surface area contributed by atoms with E-state index in [1.54, 1.807) is 0 Å². The van der Waals surface area contributed by atoms with Crippen molar-refractivity contribution < 1.29 is 4.79 Å². The van der Waals surface area contributed by atoms with Crippen LogP contribution in [-0.2, 0) is 13.1 Å². The Labute approximate surface area is 281 Å². The number of carbonyl (C=O) groups is 1. The fourth-order valence-electron chi connectivity index (χ4n) is 7.45. The summed E-state index contributed by atoms with van der Waals surface area (Å²) in [5, 5.41) is 3.07. The average molecular weight is 642 g/mol. The lowest BCUT2D eigenvalue weighted by atomic mass is 9.88. The summed E-state index contributed by atoms with van der Waals surface area (Å²) in [6.45, 7) is 14.3. The highest BCUT2D eigenvalue weighted by atomic mass is 16.1. The van der Waals surface area contributed by atoms with Crippen molar-refractivity contribution in [2.24, 2.45) is 0 Å². The average Bonchev–Trinajstić information content (AvgIpc) is 3.25. The van der Waals surface area contributed by atoms with Gasteiger partial charge in [0.2, 0.25) is 0 Å². The number of H-pyrrole nitrogens is 1. The molecule has 1 aromatic carbocycles. The summed E-state index contributed by atoms with van der Waals surface area (Å²) < 4.78 is 0.